The van der Waals surface area contributed by atoms with Gasteiger partial charge in [-0.15, -0.1) is 0 Å². The van der Waals surface area contributed by atoms with Gasteiger partial charge in [-0.25, -0.2) is 0 Å². The predicted octanol–water partition coefficient (Wildman–Crippen LogP) is 36.7. The molecule has 4 nitrogen and oxygen atoms in total. The number of fused-ring (bicyclic) bond motifs is 16. The highest BCUT2D eigenvalue weighted by molar-refractivity contribution is 6.23. The Bertz CT molecular complexity index is 9180. The van der Waals surface area contributed by atoms with Gasteiger partial charge in [0, 0.05) is 72.3 Å². The summed E-state index contributed by atoms with van der Waals surface area (Å²) < 4.78 is 4.96. The third kappa shape index (κ3) is 13.7. The van der Waals surface area contributed by atoms with Crippen LogP contribution in [0.5, 0.6) is 0 Å². The van der Waals surface area contributed by atoms with Crippen molar-refractivity contribution in [2.75, 3.05) is 9.80 Å². The van der Waals surface area contributed by atoms with Crippen LogP contribution in [0.15, 0.2) is 522 Å². The highest BCUT2D eigenvalue weighted by atomic mass is 15.1. The fourth-order valence-corrected chi connectivity index (χ4v) is 21.6. The molecule has 0 saturated carbocycles. The average Bonchev–Trinajstić information content (AvgIpc) is 1.56. The molecule has 136 heavy (non-hydrogen) atoms. The first kappa shape index (κ1) is 79.0. The number of anilines is 6. The zero-order chi connectivity index (χ0) is 89.7. The maximum absolute atomic E-state index is 2.51. The van der Waals surface area contributed by atoms with Crippen LogP contribution >= 0.6 is 0 Å². The van der Waals surface area contributed by atoms with Crippen LogP contribution in [-0.4, -0.2) is 9.13 Å². The lowest BCUT2D eigenvalue weighted by Crippen LogP contribution is -2.11. The van der Waals surface area contributed by atoms with Crippen LogP contribution in [0.25, 0.3) is 220 Å². The molecule has 2 heterocycles. The summed E-state index contributed by atoms with van der Waals surface area (Å²) in [7, 11) is 0. The SMILES string of the molecule is c1ccc(-c2cccc(N(c3ccc(-c4ccc(-n5c6ccccc6c6c7ccccc7ccc65)cc4-c4ccccc4)cc3)c3ccc(-c4cc5ccc(-c6ccc7c8ccc9ccccc9c8n(-c8ccc(-c9ccc(N(c%10ccc(-c%11cc%12ccccc%12c%12ccccc%11%12)cc%10)c%10ccccc%10-c%10ccccc%10)cc9-c9ccccc9)cc8)c7c6)cc5c5ccccc45)cc3)c2)cc1. The van der Waals surface area contributed by atoms with E-state index in [2.05, 4.69) is 541 Å². The van der Waals surface area contributed by atoms with E-state index < -0.39 is 0 Å². The van der Waals surface area contributed by atoms with E-state index in [4.69, 9.17) is 0 Å². The standard InChI is InChI=1S/C132H86N4/c1-5-28-87(29-6-1)97-39-27-40-106(80-97)133(102-65-54-93(55-66-102)111-78-74-108(86-126(111)90-34-11-4-12-35-90)135-128-51-26-24-49-121(128)131-113-43-17-13-36-91(113)64-79-129(131)135)103-67-58-95(59-68-103)123-83-101-53-52-98(81-124(101)118-48-22-21-47-117(118)123)99-63-75-119-120-76-62-92-37-14-18-44-114(92)132(120)136(130(119)84-99)105-71-56-94(57-72-105)110-77-73-107(85-125(110)89-32-9-3-10-33-89)134(127-50-25-23-42-112(127)88-30-7-2-8-31-88)104-69-60-96(61-70-104)122-82-100-38-15-16-41-109(100)115-45-19-20-46-116(115)122/h1-86H. The van der Waals surface area contributed by atoms with Gasteiger partial charge in [0.05, 0.1) is 27.8 Å². The molecule has 0 fully saturated rings. The van der Waals surface area contributed by atoms with Crippen molar-refractivity contribution in [1.29, 1.82) is 0 Å². The number of benzene rings is 24. The van der Waals surface area contributed by atoms with Gasteiger partial charge in [-0.2, -0.15) is 0 Å². The lowest BCUT2D eigenvalue weighted by Gasteiger charge is -2.29. The fraction of sp³-hybridized carbons (Fsp3) is 0. The van der Waals surface area contributed by atoms with E-state index >= 15 is 0 Å². The molecule has 0 saturated heterocycles. The van der Waals surface area contributed by atoms with Crippen LogP contribution in [0, 0.1) is 0 Å². The smallest absolute Gasteiger partial charge is 0.0619 e. The van der Waals surface area contributed by atoms with Gasteiger partial charge in [-0.3, -0.25) is 0 Å². The quantitative estimate of drug-likeness (QED) is 0.0845. The molecule has 4 heteroatoms. The molecule has 26 rings (SSSR count). The molecular formula is C132H86N4. The van der Waals surface area contributed by atoms with Gasteiger partial charge < -0.3 is 18.9 Å². The number of para-hydroxylation sites is 2. The number of nitrogens with zero attached hydrogens (tertiary/aromatic N) is 4. The largest absolute Gasteiger partial charge is 0.310 e. The lowest BCUT2D eigenvalue weighted by molar-refractivity contribution is 1.18. The Balaban J connectivity index is 0.543. The molecule has 0 radical (unpaired) electrons. The van der Waals surface area contributed by atoms with Gasteiger partial charge in [0.1, 0.15) is 0 Å². The maximum atomic E-state index is 2.51. The van der Waals surface area contributed by atoms with E-state index in [1.807, 2.05) is 0 Å². The van der Waals surface area contributed by atoms with Gasteiger partial charge in [0.2, 0.25) is 0 Å². The van der Waals surface area contributed by atoms with Gasteiger partial charge in [0.25, 0.3) is 0 Å². The number of rotatable bonds is 17. The molecule has 634 valence electrons. The predicted molar refractivity (Wildman–Crippen MR) is 578 cm³/mol. The number of hydrogen-bond acceptors (Lipinski definition) is 2. The van der Waals surface area contributed by atoms with Crippen LogP contribution in [0.4, 0.5) is 34.1 Å². The van der Waals surface area contributed by atoms with Crippen molar-refractivity contribution >= 4 is 142 Å². The summed E-state index contributed by atoms with van der Waals surface area (Å²) in [6.07, 6.45) is 0. The Morgan fingerprint density at radius 1 is 0.140 bits per heavy atom. The van der Waals surface area contributed by atoms with Crippen LogP contribution in [-0.2, 0) is 0 Å². The van der Waals surface area contributed by atoms with Crippen LogP contribution in [0.1, 0.15) is 0 Å². The van der Waals surface area contributed by atoms with E-state index in [9.17, 15) is 0 Å². The Hall–Kier alpha value is -18.0. The normalized spacial score (nSPS) is 11.7. The Labute approximate surface area is 788 Å². The highest BCUT2D eigenvalue weighted by Gasteiger charge is 2.26. The topological polar surface area (TPSA) is 16.3 Å². The van der Waals surface area contributed by atoms with Gasteiger partial charge in [-0.05, 0) is 281 Å². The minimum absolute atomic E-state index is 1.05. The van der Waals surface area contributed by atoms with Crippen molar-refractivity contribution < 1.29 is 0 Å². The summed E-state index contributed by atoms with van der Waals surface area (Å²) in [5.74, 6) is 0. The molecule has 0 atom stereocenters. The fourth-order valence-electron chi connectivity index (χ4n) is 21.6. The third-order valence-corrected chi connectivity index (χ3v) is 28.1. The first-order valence-electron chi connectivity index (χ1n) is 46.9. The van der Waals surface area contributed by atoms with Crippen molar-refractivity contribution in [2.45, 2.75) is 0 Å². The monoisotopic (exact) mass is 1730 g/mol. The van der Waals surface area contributed by atoms with Crippen LogP contribution in [0.2, 0.25) is 0 Å². The molecule has 0 aliphatic rings. The summed E-state index contributed by atoms with van der Waals surface area (Å²) >= 11 is 0. The number of hydrogen-bond donors (Lipinski definition) is 0. The molecule has 0 aliphatic heterocycles. The van der Waals surface area contributed by atoms with Crippen LogP contribution in [0.3, 0.4) is 0 Å². The van der Waals surface area contributed by atoms with E-state index in [1.54, 1.807) is 0 Å². The maximum Gasteiger partial charge on any atom is 0.0619 e. The molecule has 24 aromatic carbocycles. The minimum atomic E-state index is 1.05. The third-order valence-electron chi connectivity index (χ3n) is 28.1. The second-order valence-electron chi connectivity index (χ2n) is 35.7. The van der Waals surface area contributed by atoms with Crippen LogP contribution < -0.4 is 9.80 Å². The number of aromatic nitrogens is 2. The summed E-state index contributed by atoms with van der Waals surface area (Å²) in [6, 6.07) is 193. The molecule has 0 amide bonds. The van der Waals surface area contributed by atoms with Crippen molar-refractivity contribution in [1.82, 2.24) is 9.13 Å². The van der Waals surface area contributed by atoms with Crippen molar-refractivity contribution in [2.24, 2.45) is 0 Å². The Morgan fingerprint density at radius 2 is 0.544 bits per heavy atom. The van der Waals surface area contributed by atoms with Crippen molar-refractivity contribution in [3.8, 4) is 112 Å². The second kappa shape index (κ2) is 33.1. The zero-order valence-electron chi connectivity index (χ0n) is 74.4. The Kier molecular flexibility index (Phi) is 19.3. The van der Waals surface area contributed by atoms with E-state index in [1.165, 1.54) is 131 Å². The van der Waals surface area contributed by atoms with E-state index in [0.29, 0.717) is 0 Å². The van der Waals surface area contributed by atoms with Gasteiger partial charge in [-0.1, -0.05) is 394 Å². The molecular weight excluding hydrogens is 1640 g/mol. The van der Waals surface area contributed by atoms with E-state index in [-0.39, 0.29) is 0 Å². The van der Waals surface area contributed by atoms with Crippen molar-refractivity contribution in [3.63, 3.8) is 0 Å². The Morgan fingerprint density at radius 3 is 1.19 bits per heavy atom. The zero-order valence-corrected chi connectivity index (χ0v) is 74.4. The average molecular weight is 1730 g/mol. The molecule has 0 N–H and O–H groups in total. The molecule has 0 unspecified atom stereocenters. The van der Waals surface area contributed by atoms with Gasteiger partial charge in [0.15, 0.2) is 0 Å². The second-order valence-corrected chi connectivity index (χ2v) is 35.7. The molecule has 0 bridgehead atoms. The highest BCUT2D eigenvalue weighted by Crippen LogP contribution is 2.50. The molecule has 0 aliphatic carbocycles. The lowest BCUT2D eigenvalue weighted by atomic mass is 9.91. The summed E-state index contributed by atoms with van der Waals surface area (Å²) in [5.41, 5.74) is 34.1. The first-order chi connectivity index (χ1) is 67.4. The molecule has 2 aromatic heterocycles. The summed E-state index contributed by atoms with van der Waals surface area (Å²) in [6.45, 7) is 0. The summed E-state index contributed by atoms with van der Waals surface area (Å²) in [5, 5.41) is 19.6. The molecule has 0 spiro atoms. The van der Waals surface area contributed by atoms with Crippen molar-refractivity contribution in [3.05, 3.63) is 522 Å². The first-order valence-corrected chi connectivity index (χ1v) is 46.9. The van der Waals surface area contributed by atoms with Gasteiger partial charge >= 0.3 is 0 Å². The minimum Gasteiger partial charge on any atom is -0.310 e. The molecule has 26 aromatic rings. The van der Waals surface area contributed by atoms with E-state index in [0.717, 1.165) is 123 Å². The summed E-state index contributed by atoms with van der Waals surface area (Å²) in [4.78, 5) is 4.85.